The number of hydrogen-bond acceptors (Lipinski definition) is 1. The molecular formula is C63H38F3N5. The van der Waals surface area contributed by atoms with Gasteiger partial charge in [0, 0.05) is 54.5 Å². The van der Waals surface area contributed by atoms with Crippen molar-refractivity contribution >= 4 is 87.2 Å². The van der Waals surface area contributed by atoms with Crippen molar-refractivity contribution in [1.29, 1.82) is 5.26 Å². The number of aryl methyl sites for hydroxylation is 1. The summed E-state index contributed by atoms with van der Waals surface area (Å²) in [5, 5.41) is 20.2. The minimum atomic E-state index is -4.58. The molecule has 336 valence electrons. The third kappa shape index (κ3) is 6.00. The zero-order valence-electron chi connectivity index (χ0n) is 38.1. The van der Waals surface area contributed by atoms with Gasteiger partial charge in [0.05, 0.1) is 61.1 Å². The van der Waals surface area contributed by atoms with Crippen molar-refractivity contribution in [1.82, 2.24) is 18.3 Å². The topological polar surface area (TPSA) is 43.5 Å². The van der Waals surface area contributed by atoms with Crippen LogP contribution in [0, 0.1) is 18.3 Å². The van der Waals surface area contributed by atoms with Gasteiger partial charge in [0.15, 0.2) is 0 Å². The molecule has 0 fully saturated rings. The maximum atomic E-state index is 14.8. The van der Waals surface area contributed by atoms with E-state index < -0.39 is 11.7 Å². The molecule has 4 aromatic heterocycles. The number of rotatable bonds is 5. The van der Waals surface area contributed by atoms with E-state index in [0.717, 1.165) is 98.6 Å². The number of halogens is 3. The SMILES string of the molecule is Cc1cc(-c2cc(-n3c4ccccc4c4cc5c6ccccc6n(-c6ccccc6)c5cc43)c(C#N)c(-n3c4ccccc4c4cc5c6ccccc6n(-c6ccccc6)c5cc43)c2)cc(C(F)(F)F)c1. The molecule has 5 nitrogen and oxygen atoms in total. The summed E-state index contributed by atoms with van der Waals surface area (Å²) in [4.78, 5) is 0. The monoisotopic (exact) mass is 921 g/mol. The quantitative estimate of drug-likeness (QED) is 0.170. The molecule has 0 saturated carbocycles. The van der Waals surface area contributed by atoms with Crippen LogP contribution in [-0.2, 0) is 6.18 Å². The fraction of sp³-hybridized carbons (Fsp3) is 0.0317. The Morgan fingerprint density at radius 3 is 1.10 bits per heavy atom. The van der Waals surface area contributed by atoms with Gasteiger partial charge in [-0.05, 0) is 121 Å². The molecule has 0 aliphatic heterocycles. The highest BCUT2D eigenvalue weighted by Crippen LogP contribution is 2.45. The van der Waals surface area contributed by atoms with Crippen molar-refractivity contribution in [2.45, 2.75) is 13.1 Å². The molecule has 0 unspecified atom stereocenters. The highest BCUT2D eigenvalue weighted by Gasteiger charge is 2.32. The first-order valence-corrected chi connectivity index (χ1v) is 23.6. The highest BCUT2D eigenvalue weighted by atomic mass is 19.4. The Hall–Kier alpha value is -9.32. The van der Waals surface area contributed by atoms with Crippen LogP contribution >= 0.6 is 0 Å². The number of nitriles is 1. The lowest BCUT2D eigenvalue weighted by Crippen LogP contribution is -2.07. The molecule has 14 aromatic rings. The molecule has 0 amide bonds. The van der Waals surface area contributed by atoms with Gasteiger partial charge in [0.2, 0.25) is 0 Å². The first kappa shape index (κ1) is 40.7. The summed E-state index contributed by atoms with van der Waals surface area (Å²) in [6.07, 6.45) is -4.58. The van der Waals surface area contributed by atoms with Gasteiger partial charge in [-0.15, -0.1) is 0 Å². The van der Waals surface area contributed by atoms with E-state index in [1.165, 1.54) is 12.1 Å². The lowest BCUT2D eigenvalue weighted by Gasteiger charge is -2.19. The van der Waals surface area contributed by atoms with Gasteiger partial charge in [-0.25, -0.2) is 0 Å². The number of fused-ring (bicyclic) bond motifs is 12. The van der Waals surface area contributed by atoms with Crippen LogP contribution in [0.3, 0.4) is 0 Å². The molecule has 0 radical (unpaired) electrons. The van der Waals surface area contributed by atoms with Crippen LogP contribution in [0.5, 0.6) is 0 Å². The Balaban J connectivity index is 1.15. The van der Waals surface area contributed by atoms with Gasteiger partial charge < -0.3 is 18.3 Å². The lowest BCUT2D eigenvalue weighted by atomic mass is 9.96. The Morgan fingerprint density at radius 2 is 0.704 bits per heavy atom. The van der Waals surface area contributed by atoms with Gasteiger partial charge in [-0.3, -0.25) is 0 Å². The maximum Gasteiger partial charge on any atom is 0.416 e. The number of nitrogens with zero attached hydrogens (tertiary/aromatic N) is 5. The van der Waals surface area contributed by atoms with Crippen molar-refractivity contribution in [3.05, 3.63) is 229 Å². The Labute approximate surface area is 404 Å². The summed E-state index contributed by atoms with van der Waals surface area (Å²) < 4.78 is 53.1. The minimum absolute atomic E-state index is 0.371. The third-order valence-corrected chi connectivity index (χ3v) is 14.4. The Bertz CT molecular complexity index is 4330. The maximum absolute atomic E-state index is 14.8. The molecule has 71 heavy (non-hydrogen) atoms. The molecule has 0 N–H and O–H groups in total. The van der Waals surface area contributed by atoms with Crippen molar-refractivity contribution in [3.8, 4) is 39.9 Å². The van der Waals surface area contributed by atoms with E-state index in [4.69, 9.17) is 0 Å². The predicted molar refractivity (Wildman–Crippen MR) is 284 cm³/mol. The van der Waals surface area contributed by atoms with Crippen molar-refractivity contribution in [2.24, 2.45) is 0 Å². The second-order valence-electron chi connectivity index (χ2n) is 18.4. The fourth-order valence-electron chi connectivity index (χ4n) is 11.5. The van der Waals surface area contributed by atoms with Crippen LogP contribution in [0.4, 0.5) is 13.2 Å². The smallest absolute Gasteiger partial charge is 0.309 e. The largest absolute Gasteiger partial charge is 0.416 e. The molecule has 4 heterocycles. The average Bonchev–Trinajstić information content (AvgIpc) is 4.11. The van der Waals surface area contributed by atoms with Gasteiger partial charge in [-0.2, -0.15) is 18.4 Å². The molecule has 0 atom stereocenters. The number of alkyl halides is 3. The summed E-state index contributed by atoms with van der Waals surface area (Å²) in [5.74, 6) is 0. The van der Waals surface area contributed by atoms with Crippen LogP contribution in [0.1, 0.15) is 16.7 Å². The van der Waals surface area contributed by atoms with Gasteiger partial charge in [0.25, 0.3) is 0 Å². The number of benzene rings is 10. The Morgan fingerprint density at radius 1 is 0.352 bits per heavy atom. The summed E-state index contributed by atoms with van der Waals surface area (Å²) in [6.45, 7) is 1.69. The fourth-order valence-corrected chi connectivity index (χ4v) is 11.5. The van der Waals surface area contributed by atoms with E-state index in [1.54, 1.807) is 13.0 Å². The van der Waals surface area contributed by atoms with Crippen LogP contribution < -0.4 is 0 Å². The first-order chi connectivity index (χ1) is 34.7. The predicted octanol–water partition coefficient (Wildman–Crippen LogP) is 16.9. The molecule has 8 heteroatoms. The van der Waals surface area contributed by atoms with E-state index in [-0.39, 0.29) is 0 Å². The normalized spacial score (nSPS) is 12.2. The van der Waals surface area contributed by atoms with E-state index in [0.29, 0.717) is 33.6 Å². The second kappa shape index (κ2) is 15.1. The summed E-state index contributed by atoms with van der Waals surface area (Å²) >= 11 is 0. The molecule has 0 bridgehead atoms. The molecule has 0 aliphatic carbocycles. The van der Waals surface area contributed by atoms with Crippen LogP contribution in [0.25, 0.3) is 121 Å². The van der Waals surface area contributed by atoms with E-state index in [2.05, 4.69) is 146 Å². The number of aromatic nitrogens is 4. The van der Waals surface area contributed by atoms with Crippen LogP contribution in [0.15, 0.2) is 212 Å². The Kier molecular flexibility index (Phi) is 8.65. The number of para-hydroxylation sites is 6. The second-order valence-corrected chi connectivity index (χ2v) is 18.4. The molecule has 0 saturated heterocycles. The van der Waals surface area contributed by atoms with Crippen molar-refractivity contribution in [2.75, 3.05) is 0 Å². The molecule has 14 rings (SSSR count). The summed E-state index contributed by atoms with van der Waals surface area (Å²) in [6, 6.07) is 73.4. The van der Waals surface area contributed by atoms with Gasteiger partial charge in [0.1, 0.15) is 11.6 Å². The first-order valence-electron chi connectivity index (χ1n) is 23.6. The number of hydrogen-bond donors (Lipinski definition) is 0. The van der Waals surface area contributed by atoms with Crippen molar-refractivity contribution in [3.63, 3.8) is 0 Å². The third-order valence-electron chi connectivity index (χ3n) is 14.4. The standard InChI is InChI=1S/C63H38F3N5/c1-38-28-39(30-41(29-38)63(64,65)66)40-31-57(70-55-26-14-10-22-46(55)50-33-48-44-20-8-12-24-53(44)68(59(48)35-61(50)70)42-16-4-2-5-17-42)52(37-67)58(32-40)71-56-27-15-11-23-47(56)51-34-49-45-21-9-13-25-54(45)69(60(49)36-62(51)71)43-18-6-3-7-19-43/h2-36H,1H3. The zero-order chi connectivity index (χ0) is 47.7. The van der Waals surface area contributed by atoms with Gasteiger partial charge in [-0.1, -0.05) is 115 Å². The van der Waals surface area contributed by atoms with E-state index >= 15 is 0 Å². The van der Waals surface area contributed by atoms with Crippen LogP contribution in [0.2, 0.25) is 0 Å². The molecule has 0 aliphatic rings. The van der Waals surface area contributed by atoms with Crippen LogP contribution in [-0.4, -0.2) is 18.3 Å². The van der Waals surface area contributed by atoms with Gasteiger partial charge >= 0.3 is 6.18 Å². The summed E-state index contributed by atoms with van der Waals surface area (Å²) in [5.41, 5.74) is 11.7. The molecule has 0 spiro atoms. The van der Waals surface area contributed by atoms with E-state index in [1.807, 2.05) is 72.8 Å². The van der Waals surface area contributed by atoms with Crippen molar-refractivity contribution < 1.29 is 13.2 Å². The molecular weight excluding hydrogens is 884 g/mol. The molecule has 10 aromatic carbocycles. The highest BCUT2D eigenvalue weighted by molar-refractivity contribution is 6.21. The average molecular weight is 922 g/mol. The minimum Gasteiger partial charge on any atom is -0.309 e. The zero-order valence-corrected chi connectivity index (χ0v) is 38.1. The lowest BCUT2D eigenvalue weighted by molar-refractivity contribution is -0.137. The van der Waals surface area contributed by atoms with E-state index in [9.17, 15) is 18.4 Å². The summed E-state index contributed by atoms with van der Waals surface area (Å²) in [7, 11) is 0.